The quantitative estimate of drug-likeness (QED) is 0.266. The molecule has 0 aromatic heterocycles. The molecule has 0 saturated carbocycles. The van der Waals surface area contributed by atoms with Crippen LogP contribution in [0.1, 0.15) is 36.0 Å². The van der Waals surface area contributed by atoms with E-state index in [0.29, 0.717) is 6.61 Å². The first kappa shape index (κ1) is 21.3. The first-order valence-corrected chi connectivity index (χ1v) is 11.5. The zero-order chi connectivity index (χ0) is 21.5. The Morgan fingerprint density at radius 2 is 1.13 bits per heavy atom. The Balaban J connectivity index is 1.58. The molecule has 1 aliphatic heterocycles. The topological polar surface area (TPSA) is 46.6 Å². The first-order valence-electron chi connectivity index (χ1n) is 10.5. The van der Waals surface area contributed by atoms with Crippen LogP contribution in [0.15, 0.2) is 91.0 Å². The fourth-order valence-electron chi connectivity index (χ4n) is 3.91. The van der Waals surface area contributed by atoms with Crippen molar-refractivity contribution in [1.82, 2.24) is 5.06 Å². The van der Waals surface area contributed by atoms with E-state index in [1.165, 1.54) is 16.7 Å². The summed E-state index contributed by atoms with van der Waals surface area (Å²) >= 11 is 1.84. The third kappa shape index (κ3) is 4.58. The molecule has 1 heterocycles. The van der Waals surface area contributed by atoms with Gasteiger partial charge in [-0.25, -0.2) is 0 Å². The van der Waals surface area contributed by atoms with E-state index in [9.17, 15) is 9.59 Å². The second-order valence-electron chi connectivity index (χ2n) is 7.40. The predicted molar refractivity (Wildman–Crippen MR) is 123 cm³/mol. The van der Waals surface area contributed by atoms with E-state index in [4.69, 9.17) is 4.84 Å². The summed E-state index contributed by atoms with van der Waals surface area (Å²) in [4.78, 5) is 29.0. The van der Waals surface area contributed by atoms with Crippen LogP contribution in [0.2, 0.25) is 0 Å². The number of imide groups is 1. The first-order chi connectivity index (χ1) is 15.2. The van der Waals surface area contributed by atoms with Crippen molar-refractivity contribution < 1.29 is 14.4 Å². The summed E-state index contributed by atoms with van der Waals surface area (Å²) in [6.45, 7) is 0.332. The van der Waals surface area contributed by atoms with Crippen LogP contribution in [0.25, 0.3) is 0 Å². The van der Waals surface area contributed by atoms with Crippen LogP contribution in [0.3, 0.4) is 0 Å². The molecule has 31 heavy (non-hydrogen) atoms. The number of hydrogen-bond acceptors (Lipinski definition) is 4. The molecule has 3 aromatic rings. The van der Waals surface area contributed by atoms with E-state index in [0.717, 1.165) is 17.2 Å². The van der Waals surface area contributed by atoms with Crippen LogP contribution < -0.4 is 0 Å². The van der Waals surface area contributed by atoms with Crippen molar-refractivity contribution in [3.05, 3.63) is 108 Å². The van der Waals surface area contributed by atoms with Gasteiger partial charge < -0.3 is 0 Å². The van der Waals surface area contributed by atoms with Gasteiger partial charge in [-0.2, -0.15) is 5.06 Å². The van der Waals surface area contributed by atoms with E-state index < -0.39 is 0 Å². The second-order valence-corrected chi connectivity index (χ2v) is 8.71. The fourth-order valence-corrected chi connectivity index (χ4v) is 5.39. The molecular weight excluding hydrogens is 406 g/mol. The highest BCUT2D eigenvalue weighted by atomic mass is 32.2. The predicted octanol–water partition coefficient (Wildman–Crippen LogP) is 5.18. The number of rotatable bonds is 9. The maximum absolute atomic E-state index is 11.7. The monoisotopic (exact) mass is 431 g/mol. The summed E-state index contributed by atoms with van der Waals surface area (Å²) in [5, 5.41) is 0.934. The van der Waals surface area contributed by atoms with Crippen LogP contribution in [0, 0.1) is 0 Å². The Kier molecular flexibility index (Phi) is 6.85. The summed E-state index contributed by atoms with van der Waals surface area (Å²) in [6, 6.07) is 31.6. The van der Waals surface area contributed by atoms with Crippen molar-refractivity contribution >= 4 is 23.6 Å². The smallest absolute Gasteiger partial charge is 0.253 e. The maximum atomic E-state index is 11.7. The lowest BCUT2D eigenvalue weighted by molar-refractivity contribution is -0.187. The van der Waals surface area contributed by atoms with Crippen molar-refractivity contribution in [3.8, 4) is 0 Å². The highest BCUT2D eigenvalue weighted by Gasteiger charge is 2.36. The Morgan fingerprint density at radius 3 is 1.55 bits per heavy atom. The van der Waals surface area contributed by atoms with E-state index in [-0.39, 0.29) is 29.4 Å². The number of benzene rings is 3. The van der Waals surface area contributed by atoms with Gasteiger partial charge >= 0.3 is 0 Å². The molecule has 4 nitrogen and oxygen atoms in total. The van der Waals surface area contributed by atoms with Gasteiger partial charge in [-0.05, 0) is 28.9 Å². The molecular formula is C26H25NO3S. The molecule has 0 radical (unpaired) electrons. The van der Waals surface area contributed by atoms with Gasteiger partial charge in [-0.3, -0.25) is 14.4 Å². The van der Waals surface area contributed by atoms with Crippen molar-refractivity contribution in [2.24, 2.45) is 0 Å². The fraction of sp³-hybridized carbons (Fsp3) is 0.231. The van der Waals surface area contributed by atoms with E-state index in [1.807, 2.05) is 30.0 Å². The summed E-state index contributed by atoms with van der Waals surface area (Å²) in [5.41, 5.74) is 3.63. The lowest BCUT2D eigenvalue weighted by atomic mass is 9.84. The lowest BCUT2D eigenvalue weighted by Crippen LogP contribution is -2.30. The zero-order valence-corrected chi connectivity index (χ0v) is 18.1. The van der Waals surface area contributed by atoms with Crippen molar-refractivity contribution in [2.45, 2.75) is 24.0 Å². The molecule has 5 heteroatoms. The van der Waals surface area contributed by atoms with Crippen molar-refractivity contribution in [2.75, 3.05) is 12.4 Å². The molecule has 0 atom stereocenters. The minimum Gasteiger partial charge on any atom is -0.272 e. The molecule has 1 fully saturated rings. The summed E-state index contributed by atoms with van der Waals surface area (Å²) < 4.78 is -0.372. The van der Waals surface area contributed by atoms with Crippen LogP contribution >= 0.6 is 11.8 Å². The number of amides is 2. The Labute approximate surface area is 187 Å². The van der Waals surface area contributed by atoms with Gasteiger partial charge in [0.25, 0.3) is 11.8 Å². The van der Waals surface area contributed by atoms with Gasteiger partial charge in [0.2, 0.25) is 0 Å². The zero-order valence-electron chi connectivity index (χ0n) is 17.3. The molecule has 1 saturated heterocycles. The molecule has 0 unspecified atom stereocenters. The molecule has 158 valence electrons. The number of carbonyl (C=O) groups is 2. The largest absolute Gasteiger partial charge is 0.272 e. The SMILES string of the molecule is O=C1CCC(=O)N1OCCCSC(c1ccccc1)(c1ccccc1)c1ccccc1. The van der Waals surface area contributed by atoms with Crippen LogP contribution in [-0.2, 0) is 19.2 Å². The van der Waals surface area contributed by atoms with Gasteiger partial charge in [0.05, 0.1) is 11.4 Å². The summed E-state index contributed by atoms with van der Waals surface area (Å²) in [7, 11) is 0. The third-order valence-corrected chi connectivity index (χ3v) is 7.01. The minimum atomic E-state index is -0.372. The highest BCUT2D eigenvalue weighted by molar-refractivity contribution is 8.00. The summed E-state index contributed by atoms with van der Waals surface area (Å²) in [5.74, 6) is 0.309. The molecule has 0 bridgehead atoms. The Morgan fingerprint density at radius 1 is 0.710 bits per heavy atom. The van der Waals surface area contributed by atoms with Crippen molar-refractivity contribution in [3.63, 3.8) is 0 Å². The van der Waals surface area contributed by atoms with Gasteiger partial charge in [0, 0.05) is 12.8 Å². The molecule has 0 spiro atoms. The number of hydroxylamine groups is 2. The molecule has 0 N–H and O–H groups in total. The van der Waals surface area contributed by atoms with Gasteiger partial charge in [-0.15, -0.1) is 11.8 Å². The minimum absolute atomic E-state index is 0.243. The Bertz CT molecular complexity index is 896. The maximum Gasteiger partial charge on any atom is 0.253 e. The molecule has 1 aliphatic rings. The van der Waals surface area contributed by atoms with Crippen LogP contribution in [-0.4, -0.2) is 29.2 Å². The van der Waals surface area contributed by atoms with Crippen LogP contribution in [0.5, 0.6) is 0 Å². The standard InChI is InChI=1S/C26H25NO3S/c28-24-17-18-25(29)27(24)30-19-10-20-31-26(21-11-4-1-5-12-21,22-13-6-2-7-14-22)23-15-8-3-9-16-23/h1-9,11-16H,10,17-20H2. The number of hydrogen-bond donors (Lipinski definition) is 0. The van der Waals surface area contributed by atoms with E-state index >= 15 is 0 Å². The van der Waals surface area contributed by atoms with Gasteiger partial charge in [0.15, 0.2) is 0 Å². The number of thioether (sulfide) groups is 1. The average Bonchev–Trinajstić information content (AvgIpc) is 3.15. The van der Waals surface area contributed by atoms with Gasteiger partial charge in [-0.1, -0.05) is 91.0 Å². The number of carbonyl (C=O) groups excluding carboxylic acids is 2. The summed E-state index contributed by atoms with van der Waals surface area (Å²) in [6.07, 6.45) is 1.20. The molecule has 0 aliphatic carbocycles. The van der Waals surface area contributed by atoms with Gasteiger partial charge in [0.1, 0.15) is 0 Å². The molecule has 2 amide bonds. The van der Waals surface area contributed by atoms with E-state index in [2.05, 4.69) is 72.8 Å². The average molecular weight is 432 g/mol. The van der Waals surface area contributed by atoms with E-state index in [1.54, 1.807) is 0 Å². The molecule has 3 aromatic carbocycles. The lowest BCUT2D eigenvalue weighted by Gasteiger charge is -2.35. The highest BCUT2D eigenvalue weighted by Crippen LogP contribution is 2.48. The normalized spacial score (nSPS) is 14.3. The number of nitrogens with zero attached hydrogens (tertiary/aromatic N) is 1. The van der Waals surface area contributed by atoms with Crippen LogP contribution in [0.4, 0.5) is 0 Å². The molecule has 4 rings (SSSR count). The third-order valence-electron chi connectivity index (χ3n) is 5.37. The second kappa shape index (κ2) is 9.94. The Hall–Kier alpha value is -2.89. The van der Waals surface area contributed by atoms with Crippen molar-refractivity contribution in [1.29, 1.82) is 0 Å².